The molecule has 0 radical (unpaired) electrons. The van der Waals surface area contributed by atoms with Crippen LogP contribution in [0.2, 0.25) is 0 Å². The average Bonchev–Trinajstić information content (AvgIpc) is 2.30. The van der Waals surface area contributed by atoms with Crippen molar-refractivity contribution in [3.63, 3.8) is 0 Å². The standard InChI is InChI=1S/C8H11NO3/c1-3-12-8(11)6-4-7(10)9-5(6)2/h4,9-10H,3H2,1-2H3. The number of carbonyl (C=O) groups is 1. The van der Waals surface area contributed by atoms with E-state index in [9.17, 15) is 4.79 Å². The maximum Gasteiger partial charge on any atom is 0.340 e. The zero-order valence-corrected chi connectivity index (χ0v) is 7.05. The Morgan fingerprint density at radius 3 is 2.83 bits per heavy atom. The highest BCUT2D eigenvalue weighted by Gasteiger charge is 2.12. The van der Waals surface area contributed by atoms with E-state index >= 15 is 0 Å². The van der Waals surface area contributed by atoms with Crippen LogP contribution in [0.25, 0.3) is 0 Å². The highest BCUT2D eigenvalue weighted by atomic mass is 16.5. The number of esters is 1. The lowest BCUT2D eigenvalue weighted by Gasteiger charge is -1.98. The van der Waals surface area contributed by atoms with Gasteiger partial charge in [0.15, 0.2) is 5.88 Å². The number of aryl methyl sites for hydroxylation is 1. The van der Waals surface area contributed by atoms with Gasteiger partial charge in [-0.1, -0.05) is 0 Å². The van der Waals surface area contributed by atoms with Gasteiger partial charge < -0.3 is 14.8 Å². The summed E-state index contributed by atoms with van der Waals surface area (Å²) in [7, 11) is 0. The fourth-order valence-electron chi connectivity index (χ4n) is 0.961. The first-order valence-electron chi connectivity index (χ1n) is 3.70. The van der Waals surface area contributed by atoms with Crippen molar-refractivity contribution in [2.75, 3.05) is 6.61 Å². The van der Waals surface area contributed by atoms with Gasteiger partial charge in [-0.05, 0) is 13.8 Å². The highest BCUT2D eigenvalue weighted by Crippen LogP contribution is 2.15. The Morgan fingerprint density at radius 1 is 1.75 bits per heavy atom. The van der Waals surface area contributed by atoms with E-state index < -0.39 is 5.97 Å². The lowest BCUT2D eigenvalue weighted by atomic mass is 10.2. The zero-order valence-electron chi connectivity index (χ0n) is 7.05. The molecule has 0 atom stereocenters. The van der Waals surface area contributed by atoms with Crippen LogP contribution in [0.3, 0.4) is 0 Å². The second kappa shape index (κ2) is 3.30. The van der Waals surface area contributed by atoms with Crippen LogP contribution >= 0.6 is 0 Å². The summed E-state index contributed by atoms with van der Waals surface area (Å²) < 4.78 is 4.75. The van der Waals surface area contributed by atoms with Crippen molar-refractivity contribution in [3.05, 3.63) is 17.3 Å². The van der Waals surface area contributed by atoms with Crippen molar-refractivity contribution in [2.24, 2.45) is 0 Å². The Labute approximate surface area is 70.2 Å². The van der Waals surface area contributed by atoms with Crippen molar-refractivity contribution in [1.29, 1.82) is 0 Å². The molecular formula is C8H11NO3. The van der Waals surface area contributed by atoms with Gasteiger partial charge in [-0.2, -0.15) is 0 Å². The average molecular weight is 169 g/mol. The number of aromatic hydroxyl groups is 1. The molecule has 1 aromatic heterocycles. The number of hydrogen-bond acceptors (Lipinski definition) is 3. The maximum atomic E-state index is 11.1. The summed E-state index contributed by atoms with van der Waals surface area (Å²) >= 11 is 0. The van der Waals surface area contributed by atoms with E-state index in [-0.39, 0.29) is 5.88 Å². The second-order valence-corrected chi connectivity index (χ2v) is 2.41. The molecule has 12 heavy (non-hydrogen) atoms. The Kier molecular flexibility index (Phi) is 2.38. The third kappa shape index (κ3) is 1.58. The third-order valence-corrected chi connectivity index (χ3v) is 1.50. The molecule has 1 aromatic rings. The molecule has 4 heteroatoms. The number of hydrogen-bond donors (Lipinski definition) is 2. The van der Waals surface area contributed by atoms with Gasteiger partial charge in [-0.3, -0.25) is 0 Å². The van der Waals surface area contributed by atoms with Crippen molar-refractivity contribution >= 4 is 5.97 Å². The molecule has 1 heterocycles. The molecule has 0 bridgehead atoms. The van der Waals surface area contributed by atoms with Gasteiger partial charge in [0.25, 0.3) is 0 Å². The SMILES string of the molecule is CCOC(=O)c1cc(O)[nH]c1C. The number of ether oxygens (including phenoxy) is 1. The maximum absolute atomic E-state index is 11.1. The Morgan fingerprint density at radius 2 is 2.42 bits per heavy atom. The van der Waals surface area contributed by atoms with E-state index in [0.29, 0.717) is 17.9 Å². The number of H-pyrrole nitrogens is 1. The first-order chi connectivity index (χ1) is 5.65. The number of aromatic nitrogens is 1. The molecule has 0 aliphatic heterocycles. The van der Waals surface area contributed by atoms with Crippen molar-refractivity contribution < 1.29 is 14.6 Å². The molecule has 0 saturated heterocycles. The zero-order chi connectivity index (χ0) is 9.14. The highest BCUT2D eigenvalue weighted by molar-refractivity contribution is 5.91. The summed E-state index contributed by atoms with van der Waals surface area (Å²) in [5.74, 6) is -0.429. The summed E-state index contributed by atoms with van der Waals surface area (Å²) in [5, 5.41) is 8.99. The van der Waals surface area contributed by atoms with Crippen LogP contribution < -0.4 is 0 Å². The fourth-order valence-corrected chi connectivity index (χ4v) is 0.961. The molecule has 4 nitrogen and oxygen atoms in total. The van der Waals surface area contributed by atoms with Crippen LogP contribution in [0, 0.1) is 6.92 Å². The second-order valence-electron chi connectivity index (χ2n) is 2.41. The topological polar surface area (TPSA) is 62.3 Å². The number of nitrogens with one attached hydrogen (secondary N) is 1. The van der Waals surface area contributed by atoms with Crippen LogP contribution in [0.1, 0.15) is 23.0 Å². The lowest BCUT2D eigenvalue weighted by molar-refractivity contribution is 0.0525. The normalized spacial score (nSPS) is 9.83. The predicted octanol–water partition coefficient (Wildman–Crippen LogP) is 1.21. The van der Waals surface area contributed by atoms with Gasteiger partial charge in [0, 0.05) is 11.8 Å². The monoisotopic (exact) mass is 169 g/mol. The van der Waals surface area contributed by atoms with Gasteiger partial charge in [0.2, 0.25) is 0 Å². The number of carbonyl (C=O) groups excluding carboxylic acids is 1. The minimum atomic E-state index is -0.411. The van der Waals surface area contributed by atoms with E-state index in [1.54, 1.807) is 13.8 Å². The largest absolute Gasteiger partial charge is 0.495 e. The molecule has 0 fully saturated rings. The Hall–Kier alpha value is -1.45. The van der Waals surface area contributed by atoms with Gasteiger partial charge in [0.1, 0.15) is 0 Å². The first kappa shape index (κ1) is 8.64. The van der Waals surface area contributed by atoms with Crippen LogP contribution in [0.4, 0.5) is 0 Å². The van der Waals surface area contributed by atoms with Crippen LogP contribution in [-0.2, 0) is 4.74 Å². The molecule has 66 valence electrons. The van der Waals surface area contributed by atoms with E-state index in [0.717, 1.165) is 0 Å². The molecule has 0 amide bonds. The summed E-state index contributed by atoms with van der Waals surface area (Å²) in [6, 6.07) is 1.35. The molecule has 0 aromatic carbocycles. The fraction of sp³-hybridized carbons (Fsp3) is 0.375. The van der Waals surface area contributed by atoms with Gasteiger partial charge in [-0.15, -0.1) is 0 Å². The molecule has 0 unspecified atom stereocenters. The Balaban J connectivity index is 2.87. The van der Waals surface area contributed by atoms with Gasteiger partial charge in [-0.25, -0.2) is 4.79 Å². The van der Waals surface area contributed by atoms with Crippen molar-refractivity contribution in [1.82, 2.24) is 4.98 Å². The minimum Gasteiger partial charge on any atom is -0.495 e. The van der Waals surface area contributed by atoms with E-state index in [4.69, 9.17) is 9.84 Å². The molecule has 2 N–H and O–H groups in total. The molecule has 0 spiro atoms. The van der Waals surface area contributed by atoms with Crippen LogP contribution in [0.15, 0.2) is 6.07 Å². The summed E-state index contributed by atoms with van der Waals surface area (Å²) in [6.07, 6.45) is 0. The molecule has 0 aliphatic rings. The predicted molar refractivity (Wildman–Crippen MR) is 43.2 cm³/mol. The lowest BCUT2D eigenvalue weighted by Crippen LogP contribution is -2.04. The summed E-state index contributed by atoms with van der Waals surface area (Å²) in [5.41, 5.74) is 1.00. The van der Waals surface area contributed by atoms with Gasteiger partial charge >= 0.3 is 5.97 Å². The van der Waals surface area contributed by atoms with Crippen molar-refractivity contribution in [3.8, 4) is 5.88 Å². The summed E-state index contributed by atoms with van der Waals surface area (Å²) in [4.78, 5) is 13.7. The van der Waals surface area contributed by atoms with Crippen LogP contribution in [0.5, 0.6) is 5.88 Å². The molecular weight excluding hydrogens is 158 g/mol. The van der Waals surface area contributed by atoms with E-state index in [1.165, 1.54) is 6.07 Å². The smallest absolute Gasteiger partial charge is 0.340 e. The quantitative estimate of drug-likeness (QED) is 0.654. The number of aromatic amines is 1. The minimum absolute atomic E-state index is 0.0180. The Bertz CT molecular complexity index is 290. The molecule has 1 rings (SSSR count). The number of rotatable bonds is 2. The molecule has 0 aliphatic carbocycles. The van der Waals surface area contributed by atoms with Gasteiger partial charge in [0.05, 0.1) is 12.2 Å². The molecule has 0 saturated carbocycles. The third-order valence-electron chi connectivity index (χ3n) is 1.50. The van der Waals surface area contributed by atoms with E-state index in [1.807, 2.05) is 0 Å². The van der Waals surface area contributed by atoms with Crippen molar-refractivity contribution in [2.45, 2.75) is 13.8 Å². The van der Waals surface area contributed by atoms with Crippen LogP contribution in [-0.4, -0.2) is 22.7 Å². The first-order valence-corrected chi connectivity index (χ1v) is 3.70. The summed E-state index contributed by atoms with van der Waals surface area (Å²) in [6.45, 7) is 3.77. The van der Waals surface area contributed by atoms with E-state index in [2.05, 4.69) is 4.98 Å².